The molecule has 0 aliphatic rings. The molecule has 0 unspecified atom stereocenters. The SMILES string of the molecule is NNc1snnc1COc1cc(F)c(Br)cc1[N+](=O)[O-]. The number of halogens is 2. The topological polar surface area (TPSA) is 116 Å². The van der Waals surface area contributed by atoms with Crippen LogP contribution in [0.3, 0.4) is 0 Å². The van der Waals surface area contributed by atoms with Crippen LogP contribution in [0, 0.1) is 15.9 Å². The Kier molecular flexibility index (Phi) is 4.42. The smallest absolute Gasteiger partial charge is 0.312 e. The highest BCUT2D eigenvalue weighted by molar-refractivity contribution is 9.10. The van der Waals surface area contributed by atoms with E-state index in [1.54, 1.807) is 0 Å². The Bertz CT molecular complexity index is 653. The molecule has 2 rings (SSSR count). The fourth-order valence-corrected chi connectivity index (χ4v) is 2.15. The van der Waals surface area contributed by atoms with Gasteiger partial charge in [0.2, 0.25) is 5.75 Å². The van der Waals surface area contributed by atoms with Crippen molar-refractivity contribution >= 4 is 38.2 Å². The van der Waals surface area contributed by atoms with Crippen LogP contribution in [0.15, 0.2) is 16.6 Å². The summed E-state index contributed by atoms with van der Waals surface area (Å²) in [5.41, 5.74) is 2.38. The van der Waals surface area contributed by atoms with Crippen LogP contribution in [0.2, 0.25) is 0 Å². The normalized spacial score (nSPS) is 10.3. The standard InChI is InChI=1S/C9H7BrFN5O3S/c10-4-1-7(16(17)18)8(2-5(4)11)19-3-6-9(13-12)20-15-14-6/h1-2,13H,3,12H2. The highest BCUT2D eigenvalue weighted by Crippen LogP contribution is 2.33. The monoisotopic (exact) mass is 363 g/mol. The van der Waals surface area contributed by atoms with Crippen molar-refractivity contribution in [3.63, 3.8) is 0 Å². The van der Waals surface area contributed by atoms with Crippen molar-refractivity contribution < 1.29 is 14.1 Å². The summed E-state index contributed by atoms with van der Waals surface area (Å²) in [6.07, 6.45) is 0. The molecule has 106 valence electrons. The zero-order chi connectivity index (χ0) is 14.7. The Morgan fingerprint density at radius 3 is 3.00 bits per heavy atom. The number of hydrogen-bond acceptors (Lipinski definition) is 8. The number of nitrogens with zero attached hydrogens (tertiary/aromatic N) is 3. The number of hydrogen-bond donors (Lipinski definition) is 2. The van der Waals surface area contributed by atoms with Gasteiger partial charge in [0, 0.05) is 23.7 Å². The van der Waals surface area contributed by atoms with E-state index >= 15 is 0 Å². The first-order chi connectivity index (χ1) is 9.52. The first-order valence-corrected chi connectivity index (χ1v) is 6.63. The first-order valence-electron chi connectivity index (χ1n) is 5.07. The maximum Gasteiger partial charge on any atom is 0.312 e. The molecule has 0 aliphatic carbocycles. The minimum Gasteiger partial charge on any atom is -0.480 e. The van der Waals surface area contributed by atoms with E-state index in [4.69, 9.17) is 10.6 Å². The fourth-order valence-electron chi connectivity index (χ4n) is 1.34. The average Bonchev–Trinajstić information content (AvgIpc) is 2.86. The van der Waals surface area contributed by atoms with Gasteiger partial charge in [0.15, 0.2) is 5.00 Å². The van der Waals surface area contributed by atoms with Crippen LogP contribution >= 0.6 is 27.5 Å². The van der Waals surface area contributed by atoms with Crippen LogP contribution in [0.5, 0.6) is 5.75 Å². The van der Waals surface area contributed by atoms with Crippen molar-refractivity contribution in [1.82, 2.24) is 9.59 Å². The molecule has 8 nitrogen and oxygen atoms in total. The van der Waals surface area contributed by atoms with E-state index in [0.717, 1.165) is 23.7 Å². The molecule has 0 atom stereocenters. The van der Waals surface area contributed by atoms with E-state index < -0.39 is 10.7 Å². The van der Waals surface area contributed by atoms with Gasteiger partial charge in [0.1, 0.15) is 18.1 Å². The Balaban J connectivity index is 2.25. The number of nitrogen functional groups attached to an aromatic ring is 1. The maximum absolute atomic E-state index is 13.4. The summed E-state index contributed by atoms with van der Waals surface area (Å²) >= 11 is 3.89. The predicted molar refractivity (Wildman–Crippen MR) is 72.8 cm³/mol. The molecule has 0 saturated carbocycles. The Labute approximate surface area is 124 Å². The van der Waals surface area contributed by atoms with E-state index in [0.29, 0.717) is 10.7 Å². The highest BCUT2D eigenvalue weighted by Gasteiger charge is 2.20. The molecule has 11 heteroatoms. The zero-order valence-electron chi connectivity index (χ0n) is 9.67. The van der Waals surface area contributed by atoms with Gasteiger partial charge < -0.3 is 10.2 Å². The number of nitrogens with two attached hydrogens (primary N) is 1. The molecule has 0 saturated heterocycles. The Morgan fingerprint density at radius 1 is 1.60 bits per heavy atom. The number of benzene rings is 1. The van der Waals surface area contributed by atoms with Crippen molar-refractivity contribution in [2.75, 3.05) is 5.43 Å². The lowest BCUT2D eigenvalue weighted by atomic mass is 10.3. The van der Waals surface area contributed by atoms with Gasteiger partial charge >= 0.3 is 5.69 Å². The predicted octanol–water partition coefficient (Wildman–Crippen LogP) is 2.21. The summed E-state index contributed by atoms with van der Waals surface area (Å²) in [6, 6.07) is 1.96. The van der Waals surface area contributed by atoms with Crippen LogP contribution in [-0.2, 0) is 6.61 Å². The average molecular weight is 364 g/mol. The van der Waals surface area contributed by atoms with Crippen LogP contribution in [0.25, 0.3) is 0 Å². The van der Waals surface area contributed by atoms with Crippen LogP contribution in [-0.4, -0.2) is 14.5 Å². The summed E-state index contributed by atoms with van der Waals surface area (Å²) in [7, 11) is 0. The number of aromatic nitrogens is 2. The molecule has 0 fully saturated rings. The number of nitro groups is 1. The summed E-state index contributed by atoms with van der Waals surface area (Å²) in [4.78, 5) is 10.2. The number of anilines is 1. The van der Waals surface area contributed by atoms with Crippen molar-refractivity contribution in [3.8, 4) is 5.75 Å². The Hall–Kier alpha value is -1.85. The number of rotatable bonds is 5. The molecule has 0 radical (unpaired) electrons. The Morgan fingerprint density at radius 2 is 2.35 bits per heavy atom. The molecule has 1 heterocycles. The third kappa shape index (κ3) is 3.00. The summed E-state index contributed by atoms with van der Waals surface area (Å²) < 4.78 is 22.3. The van der Waals surface area contributed by atoms with Crippen molar-refractivity contribution in [3.05, 3.63) is 38.2 Å². The van der Waals surface area contributed by atoms with Gasteiger partial charge in [-0.2, -0.15) is 0 Å². The molecule has 1 aromatic heterocycles. The lowest BCUT2D eigenvalue weighted by Gasteiger charge is -2.07. The summed E-state index contributed by atoms with van der Waals surface area (Å²) in [5.74, 6) is 4.37. The summed E-state index contributed by atoms with van der Waals surface area (Å²) in [5, 5.41) is 15.1. The first kappa shape index (κ1) is 14.6. The second-order valence-corrected chi connectivity index (χ2v) is 5.08. The molecule has 20 heavy (non-hydrogen) atoms. The maximum atomic E-state index is 13.4. The number of nitro benzene ring substituents is 1. The molecule has 1 aromatic carbocycles. The molecule has 0 amide bonds. The van der Waals surface area contributed by atoms with Gasteiger partial charge in [0.25, 0.3) is 0 Å². The lowest BCUT2D eigenvalue weighted by molar-refractivity contribution is -0.386. The molecular weight excluding hydrogens is 357 g/mol. The van der Waals surface area contributed by atoms with Crippen LogP contribution < -0.4 is 16.0 Å². The van der Waals surface area contributed by atoms with E-state index in [1.165, 1.54) is 0 Å². The van der Waals surface area contributed by atoms with Crippen molar-refractivity contribution in [2.24, 2.45) is 5.84 Å². The molecule has 0 spiro atoms. The van der Waals surface area contributed by atoms with Gasteiger partial charge in [-0.25, -0.2) is 10.2 Å². The number of ether oxygens (including phenoxy) is 1. The van der Waals surface area contributed by atoms with E-state index in [-0.39, 0.29) is 22.5 Å². The quantitative estimate of drug-likeness (QED) is 0.475. The van der Waals surface area contributed by atoms with Gasteiger partial charge in [-0.05, 0) is 15.9 Å². The number of nitrogens with one attached hydrogen (secondary N) is 1. The van der Waals surface area contributed by atoms with Crippen molar-refractivity contribution in [2.45, 2.75) is 6.61 Å². The fraction of sp³-hybridized carbons (Fsp3) is 0.111. The third-order valence-corrected chi connectivity index (χ3v) is 3.56. The minimum absolute atomic E-state index is 0.0174. The summed E-state index contributed by atoms with van der Waals surface area (Å²) in [6.45, 7) is -0.127. The van der Waals surface area contributed by atoms with Gasteiger partial charge in [0.05, 0.1) is 9.40 Å². The molecular formula is C9H7BrFN5O3S. The van der Waals surface area contributed by atoms with E-state index in [2.05, 4.69) is 30.9 Å². The largest absolute Gasteiger partial charge is 0.480 e. The van der Waals surface area contributed by atoms with E-state index in [1.807, 2.05) is 0 Å². The third-order valence-electron chi connectivity index (χ3n) is 2.25. The van der Waals surface area contributed by atoms with Crippen LogP contribution in [0.1, 0.15) is 5.69 Å². The number of hydrazine groups is 1. The second-order valence-electron chi connectivity index (χ2n) is 3.47. The molecule has 0 aliphatic heterocycles. The van der Waals surface area contributed by atoms with Crippen LogP contribution in [0.4, 0.5) is 15.1 Å². The van der Waals surface area contributed by atoms with E-state index in [9.17, 15) is 14.5 Å². The zero-order valence-corrected chi connectivity index (χ0v) is 12.1. The second kappa shape index (κ2) is 6.07. The van der Waals surface area contributed by atoms with Gasteiger partial charge in [-0.15, -0.1) is 5.10 Å². The van der Waals surface area contributed by atoms with Crippen molar-refractivity contribution in [1.29, 1.82) is 0 Å². The lowest BCUT2D eigenvalue weighted by Crippen LogP contribution is -2.09. The molecule has 3 N–H and O–H groups in total. The minimum atomic E-state index is -0.667. The molecule has 2 aromatic rings. The highest BCUT2D eigenvalue weighted by atomic mass is 79.9. The van der Waals surface area contributed by atoms with Gasteiger partial charge in [-0.3, -0.25) is 10.1 Å². The molecule has 0 bridgehead atoms. The van der Waals surface area contributed by atoms with Gasteiger partial charge in [-0.1, -0.05) is 4.49 Å².